The van der Waals surface area contributed by atoms with Gasteiger partial charge in [0.2, 0.25) is 17.7 Å². The van der Waals surface area contributed by atoms with Crippen LogP contribution in [0.5, 0.6) is 0 Å². The van der Waals surface area contributed by atoms with Crippen molar-refractivity contribution in [2.45, 2.75) is 125 Å². The summed E-state index contributed by atoms with van der Waals surface area (Å²) in [6.45, 7) is 1.10. The van der Waals surface area contributed by atoms with Crippen LogP contribution in [0.4, 0.5) is 4.79 Å². The Morgan fingerprint density at radius 3 is 2.04 bits per heavy atom. The smallest absolute Gasteiger partial charge is 0.404 e. The molecule has 11 atom stereocenters. The second kappa shape index (κ2) is 21.7. The van der Waals surface area contributed by atoms with Gasteiger partial charge in [0.25, 0.3) is 5.91 Å². The molecule has 0 aromatic heterocycles. The molecule has 53 heavy (non-hydrogen) atoms. The molecule has 0 bridgehead atoms. The highest BCUT2D eigenvalue weighted by atomic mass is 16.6. The first kappa shape index (κ1) is 43.5. The Bertz CT molecular complexity index is 1260. The molecule has 22 heteroatoms. The van der Waals surface area contributed by atoms with Crippen molar-refractivity contribution in [1.29, 1.82) is 0 Å². The van der Waals surface area contributed by atoms with E-state index in [1.54, 1.807) is 0 Å². The fourth-order valence-electron chi connectivity index (χ4n) is 6.57. The Kier molecular flexibility index (Phi) is 17.8. The molecule has 2 saturated heterocycles. The second-order valence-electron chi connectivity index (χ2n) is 14.1. The summed E-state index contributed by atoms with van der Waals surface area (Å²) < 4.78 is 10.9. The molecule has 5 amide bonds. The van der Waals surface area contributed by atoms with E-state index in [0.717, 1.165) is 19.4 Å². The standard InChI is InChI=1S/C31H58N12O10/c32-7-1-4-15(33)10-20(46)37-8-2-5-16(34)11-21(47)38-9-3-6-17(35)12-22(48)40-25-26(49)27(53-30(36)51)19(14-44)52-29(25)43-31-41-23-18(45)13-39-28(50)24(23)42-31/h15-19,23-27,29,44-45,49H,1-14,32-35H2,(H2,36,51)(H,37,46)(H,38,47)(H,39,50)(H,40,48)(H2,41,42,43)/p+5/t15-,16-,17-,18+,19+,23+,24-,25+,26-,27-,29+/m0/s1. The molecule has 0 aromatic carbocycles. The van der Waals surface area contributed by atoms with Crippen LogP contribution in [0.25, 0.3) is 0 Å². The lowest BCUT2D eigenvalue weighted by molar-refractivity contribution is -0.485. The van der Waals surface area contributed by atoms with Gasteiger partial charge < -0.3 is 74.7 Å². The van der Waals surface area contributed by atoms with Gasteiger partial charge in [-0.15, -0.1) is 0 Å². The molecule has 3 aliphatic heterocycles. The molecule has 302 valence electrons. The predicted molar refractivity (Wildman–Crippen MR) is 182 cm³/mol. The van der Waals surface area contributed by atoms with Gasteiger partial charge in [-0.1, -0.05) is 0 Å². The quantitative estimate of drug-likeness (QED) is 0.0485. The third kappa shape index (κ3) is 14.1. The van der Waals surface area contributed by atoms with Gasteiger partial charge in [-0.2, -0.15) is 0 Å². The average Bonchev–Trinajstić information content (AvgIpc) is 3.53. The summed E-state index contributed by atoms with van der Waals surface area (Å²) in [5.74, 6) is -0.853. The third-order valence-corrected chi connectivity index (χ3v) is 9.42. The van der Waals surface area contributed by atoms with Crippen LogP contribution in [0.2, 0.25) is 0 Å². The number of piperidine rings is 1. The van der Waals surface area contributed by atoms with Crippen molar-refractivity contribution < 1.29 is 76.7 Å². The van der Waals surface area contributed by atoms with Crippen LogP contribution in [-0.4, -0.2) is 151 Å². The molecule has 0 aliphatic carbocycles. The Morgan fingerprint density at radius 1 is 0.943 bits per heavy atom. The van der Waals surface area contributed by atoms with Crippen LogP contribution in [-0.2, 0) is 28.7 Å². The van der Waals surface area contributed by atoms with E-state index in [0.29, 0.717) is 45.2 Å². The number of hydrogen-bond acceptors (Lipinski definition) is 12. The van der Waals surface area contributed by atoms with Gasteiger partial charge in [0, 0.05) is 45.3 Å². The number of fused-ring (bicyclic) bond motifs is 1. The van der Waals surface area contributed by atoms with E-state index in [2.05, 4.69) is 59.8 Å². The predicted octanol–water partition coefficient (Wildman–Crippen LogP) is -11.3. The maximum absolute atomic E-state index is 13.2. The molecular weight excluding hydrogens is 700 g/mol. The van der Waals surface area contributed by atoms with Crippen molar-refractivity contribution in [3.63, 3.8) is 0 Å². The Balaban J connectivity index is 1.42. The van der Waals surface area contributed by atoms with E-state index in [1.165, 1.54) is 0 Å². The van der Waals surface area contributed by atoms with Crippen molar-refractivity contribution in [2.24, 2.45) is 5.73 Å². The van der Waals surface area contributed by atoms with Gasteiger partial charge >= 0.3 is 12.1 Å². The number of nitrogens with two attached hydrogens (primary N) is 1. The molecule has 3 rings (SSSR count). The summed E-state index contributed by atoms with van der Waals surface area (Å²) in [6.07, 6.45) is -2.73. The lowest BCUT2D eigenvalue weighted by Gasteiger charge is -2.42. The zero-order valence-electron chi connectivity index (χ0n) is 30.4. The molecule has 24 N–H and O–H groups in total. The number of quaternary nitrogens is 4. The highest BCUT2D eigenvalue weighted by molar-refractivity contribution is 5.87. The van der Waals surface area contributed by atoms with Crippen LogP contribution in [0.15, 0.2) is 0 Å². The maximum Gasteiger partial charge on any atom is 0.404 e. The lowest BCUT2D eigenvalue weighted by Crippen LogP contribution is -2.86. The average molecular weight is 764 g/mol. The molecule has 3 aliphatic rings. The summed E-state index contributed by atoms with van der Waals surface area (Å²) in [4.78, 5) is 64.4. The lowest BCUT2D eigenvalue weighted by atomic mass is 9.95. The SMILES string of the molecule is NC(=O)O[C@@H]1[C@@H](O)[C@@H](NC(=O)C[C@@H]([NH3+])CCCNC(=O)C[C@@H]([NH3+])CCCNC(=O)C[C@@H]([NH3+])CCC[NH3+])[C@H](NC2=[NH+][C@@H]3C(=O)NC[C@@H](O)[C@H]3N2)O[C@@H]1CO. The highest BCUT2D eigenvalue weighted by Crippen LogP contribution is 2.23. The van der Waals surface area contributed by atoms with E-state index in [9.17, 15) is 39.3 Å². The fourth-order valence-corrected chi connectivity index (χ4v) is 6.57. The third-order valence-electron chi connectivity index (χ3n) is 9.42. The molecule has 0 aromatic rings. The van der Waals surface area contributed by atoms with Crippen LogP contribution in [0, 0.1) is 0 Å². The van der Waals surface area contributed by atoms with Crippen LogP contribution in [0.1, 0.15) is 57.8 Å². The second-order valence-corrected chi connectivity index (χ2v) is 14.1. The first-order valence-corrected chi connectivity index (χ1v) is 18.4. The van der Waals surface area contributed by atoms with E-state index in [-0.39, 0.29) is 61.2 Å². The number of carbonyl (C=O) groups is 5. The van der Waals surface area contributed by atoms with Gasteiger partial charge in [0.1, 0.15) is 30.4 Å². The van der Waals surface area contributed by atoms with Crippen LogP contribution >= 0.6 is 0 Å². The zero-order valence-corrected chi connectivity index (χ0v) is 30.4. The number of carbonyl (C=O) groups excluding carboxylic acids is 5. The normalized spacial score (nSPS) is 28.2. The molecule has 0 unspecified atom stereocenters. The summed E-state index contributed by atoms with van der Waals surface area (Å²) >= 11 is 0. The highest BCUT2D eigenvalue weighted by Gasteiger charge is 2.52. The number of primary amides is 1. The van der Waals surface area contributed by atoms with E-state index < -0.39 is 67.4 Å². The van der Waals surface area contributed by atoms with E-state index in [4.69, 9.17) is 15.2 Å². The number of aliphatic hydroxyl groups is 3. The maximum atomic E-state index is 13.2. The summed E-state index contributed by atoms with van der Waals surface area (Å²) in [6, 6.07) is -3.11. The van der Waals surface area contributed by atoms with Crippen molar-refractivity contribution in [1.82, 2.24) is 31.9 Å². The fraction of sp³-hybridized carbons (Fsp3) is 0.806. The molecule has 3 heterocycles. The monoisotopic (exact) mass is 763 g/mol. The summed E-state index contributed by atoms with van der Waals surface area (Å²) in [5.41, 5.74) is 21.1. The number of hydrogen-bond donors (Lipinski definition) is 15. The molecule has 2 fully saturated rings. The van der Waals surface area contributed by atoms with Gasteiger partial charge in [-0.3, -0.25) is 29.5 Å². The van der Waals surface area contributed by atoms with E-state index in [1.807, 2.05) is 0 Å². The van der Waals surface area contributed by atoms with Gasteiger partial charge in [0.15, 0.2) is 18.4 Å². The molecule has 22 nitrogen and oxygen atoms in total. The first-order chi connectivity index (χ1) is 25.2. The molecule has 0 radical (unpaired) electrons. The molecular formula is C31H63N12O10+5. The largest absolute Gasteiger partial charge is 0.441 e. The van der Waals surface area contributed by atoms with Crippen molar-refractivity contribution in [3.05, 3.63) is 0 Å². The number of nitrogens with one attached hydrogen (secondary N) is 7. The summed E-state index contributed by atoms with van der Waals surface area (Å²) in [5, 5.41) is 48.4. The zero-order chi connectivity index (χ0) is 39.1. The Hall–Kier alpha value is -3.90. The molecule has 0 spiro atoms. The number of amides is 5. The van der Waals surface area contributed by atoms with E-state index >= 15 is 0 Å². The minimum Gasteiger partial charge on any atom is -0.441 e. The minimum atomic E-state index is -1.58. The number of guanidine groups is 1. The Morgan fingerprint density at radius 2 is 1.51 bits per heavy atom. The number of rotatable bonds is 21. The van der Waals surface area contributed by atoms with Crippen LogP contribution in [0.3, 0.4) is 0 Å². The van der Waals surface area contributed by atoms with Gasteiger partial charge in [-0.05, 0) is 12.8 Å². The molecule has 0 saturated carbocycles. The Labute approximate surface area is 307 Å². The van der Waals surface area contributed by atoms with Gasteiger partial charge in [-0.25, -0.2) is 10.1 Å². The van der Waals surface area contributed by atoms with Crippen molar-refractivity contribution >= 4 is 35.7 Å². The van der Waals surface area contributed by atoms with Crippen molar-refractivity contribution in [2.75, 3.05) is 32.8 Å². The minimum absolute atomic E-state index is 0.0272. The number of aliphatic hydroxyl groups excluding tert-OH is 3. The van der Waals surface area contributed by atoms with Gasteiger partial charge in [0.05, 0.1) is 50.5 Å². The first-order valence-electron chi connectivity index (χ1n) is 18.4. The van der Waals surface area contributed by atoms with Crippen LogP contribution < -0.4 is 65.6 Å². The number of β-amino-alcohol motifs (C(OH)–C–C–N with tert-alkyl or cyclic N) is 1. The summed E-state index contributed by atoms with van der Waals surface area (Å²) in [7, 11) is 0. The van der Waals surface area contributed by atoms with Crippen molar-refractivity contribution in [3.8, 4) is 0 Å². The number of ether oxygens (including phenoxy) is 2. The topological polar surface area (TPSA) is 387 Å².